The minimum Gasteiger partial charge on any atom is -0.466 e. The Bertz CT molecular complexity index is 1150. The van der Waals surface area contributed by atoms with E-state index in [1.165, 1.54) is 24.4 Å². The maximum absolute atomic E-state index is 10.8. The van der Waals surface area contributed by atoms with Crippen LogP contribution in [-0.4, -0.2) is 58.0 Å². The number of aliphatic hydroxyl groups excluding tert-OH is 1. The largest absolute Gasteiger partial charge is 0.466 e. The molecular weight excluding hydrogens is 549 g/mol. The van der Waals surface area contributed by atoms with Gasteiger partial charge in [-0.25, -0.2) is 0 Å². The number of aliphatic hydroxyl groups is 1. The zero-order valence-corrected chi connectivity index (χ0v) is 27.6. The van der Waals surface area contributed by atoms with Gasteiger partial charge in [0.15, 0.2) is 13.6 Å². The predicted molar refractivity (Wildman–Crippen MR) is 170 cm³/mol. The van der Waals surface area contributed by atoms with Crippen molar-refractivity contribution in [3.63, 3.8) is 0 Å². The molecule has 1 aliphatic carbocycles. The third-order valence-electron chi connectivity index (χ3n) is 6.65. The van der Waals surface area contributed by atoms with E-state index in [9.17, 15) is 5.11 Å². The molecule has 1 N–H and O–H groups in total. The summed E-state index contributed by atoms with van der Waals surface area (Å²) in [5.74, 6) is 2.04. The molecule has 9 heteroatoms. The molecule has 1 saturated carbocycles. The zero-order chi connectivity index (χ0) is 29.7. The lowest BCUT2D eigenvalue weighted by molar-refractivity contribution is 0.0201. The van der Waals surface area contributed by atoms with Crippen LogP contribution in [0.2, 0.25) is 51.4 Å². The minimum atomic E-state index is -1.10. The highest BCUT2D eigenvalue weighted by Crippen LogP contribution is 2.40. The molecule has 0 aliphatic heterocycles. The van der Waals surface area contributed by atoms with Crippen LogP contribution in [0.15, 0.2) is 67.3 Å². The van der Waals surface area contributed by atoms with E-state index in [1.54, 1.807) is 30.9 Å². The van der Waals surface area contributed by atoms with Crippen molar-refractivity contribution in [2.24, 2.45) is 0 Å². The van der Waals surface area contributed by atoms with E-state index in [2.05, 4.69) is 61.4 Å². The molecule has 2 heterocycles. The first kappa shape index (κ1) is 32.9. The summed E-state index contributed by atoms with van der Waals surface area (Å²) in [6, 6.07) is 16.0. The summed E-state index contributed by atoms with van der Waals surface area (Å²) in [5, 5.41) is 10.8. The van der Waals surface area contributed by atoms with E-state index in [4.69, 9.17) is 18.9 Å². The quantitative estimate of drug-likeness (QED) is 0.110. The highest BCUT2D eigenvalue weighted by molar-refractivity contribution is 6.76. The van der Waals surface area contributed by atoms with Gasteiger partial charge in [-0.1, -0.05) is 63.5 Å². The van der Waals surface area contributed by atoms with Gasteiger partial charge in [-0.05, 0) is 60.2 Å². The van der Waals surface area contributed by atoms with Crippen molar-refractivity contribution in [2.45, 2.75) is 76.2 Å². The lowest BCUT2D eigenvalue weighted by atomic mass is 9.99. The van der Waals surface area contributed by atoms with E-state index in [-0.39, 0.29) is 6.79 Å². The number of pyridine rings is 2. The van der Waals surface area contributed by atoms with Crippen molar-refractivity contribution in [1.82, 2.24) is 9.97 Å². The van der Waals surface area contributed by atoms with E-state index < -0.39 is 22.3 Å². The maximum atomic E-state index is 10.8. The lowest BCUT2D eigenvalue weighted by Crippen LogP contribution is -2.22. The molecule has 2 aromatic heterocycles. The molecule has 4 rings (SSSR count). The Hall–Kier alpha value is -2.57. The first-order valence-corrected chi connectivity index (χ1v) is 22.0. The Kier molecular flexibility index (Phi) is 13.0. The maximum Gasteiger partial charge on any atom is 0.189 e. The van der Waals surface area contributed by atoms with Gasteiger partial charge in [0, 0.05) is 47.3 Å². The lowest BCUT2D eigenvalue weighted by Gasteiger charge is -2.18. The first-order valence-electron chi connectivity index (χ1n) is 14.5. The van der Waals surface area contributed by atoms with Gasteiger partial charge >= 0.3 is 0 Å². The van der Waals surface area contributed by atoms with E-state index in [0.29, 0.717) is 30.6 Å². The SMILES string of the molecule is C[Si](C)(C)CCOCOc1cccnc1.C[Si](C)(C)CCOCOc1cnccc1C(O)c1ccc(C2CC2)cc1. The first-order chi connectivity index (χ1) is 19.5. The van der Waals surface area contributed by atoms with Gasteiger partial charge in [0.05, 0.1) is 12.4 Å². The Morgan fingerprint density at radius 2 is 1.39 bits per heavy atom. The third kappa shape index (κ3) is 13.3. The van der Waals surface area contributed by atoms with Gasteiger partial charge in [-0.2, -0.15) is 0 Å². The van der Waals surface area contributed by atoms with Crippen LogP contribution in [0, 0.1) is 0 Å². The average molecular weight is 597 g/mol. The number of rotatable bonds is 15. The number of nitrogens with zero attached hydrogens (tertiary/aromatic N) is 2. The predicted octanol–water partition coefficient (Wildman–Crippen LogP) is 7.50. The van der Waals surface area contributed by atoms with Gasteiger partial charge in [0.1, 0.15) is 17.6 Å². The summed E-state index contributed by atoms with van der Waals surface area (Å²) in [4.78, 5) is 8.07. The summed E-state index contributed by atoms with van der Waals surface area (Å²) >= 11 is 0. The molecule has 7 nitrogen and oxygen atoms in total. The molecule has 0 bridgehead atoms. The van der Waals surface area contributed by atoms with Gasteiger partial charge in [0.25, 0.3) is 0 Å². The molecular formula is C32H48N2O5Si2. The van der Waals surface area contributed by atoms with Crippen LogP contribution in [0.4, 0.5) is 0 Å². The summed E-state index contributed by atoms with van der Waals surface area (Å²) in [6.07, 6.45) is 8.54. The number of hydrogen-bond acceptors (Lipinski definition) is 7. The molecule has 1 aromatic carbocycles. The number of aromatic nitrogens is 2. The third-order valence-corrected chi connectivity index (χ3v) is 10.1. The Balaban J connectivity index is 0.000000263. The van der Waals surface area contributed by atoms with Gasteiger partial charge in [-0.15, -0.1) is 0 Å². The molecule has 41 heavy (non-hydrogen) atoms. The van der Waals surface area contributed by atoms with Crippen LogP contribution in [0.25, 0.3) is 0 Å². The molecule has 3 aromatic rings. The average Bonchev–Trinajstić information content (AvgIpc) is 3.78. The second kappa shape index (κ2) is 16.2. The number of ether oxygens (including phenoxy) is 4. The van der Waals surface area contributed by atoms with Crippen molar-refractivity contribution in [2.75, 3.05) is 26.8 Å². The summed E-state index contributed by atoms with van der Waals surface area (Å²) in [5.41, 5.74) is 2.95. The van der Waals surface area contributed by atoms with Crippen LogP contribution in [0.5, 0.6) is 11.5 Å². The smallest absolute Gasteiger partial charge is 0.189 e. The molecule has 224 valence electrons. The van der Waals surface area contributed by atoms with E-state index >= 15 is 0 Å². The van der Waals surface area contributed by atoms with Gasteiger partial charge in [0.2, 0.25) is 0 Å². The molecule has 1 unspecified atom stereocenters. The monoisotopic (exact) mass is 596 g/mol. The molecule has 1 aliphatic rings. The van der Waals surface area contributed by atoms with Gasteiger partial charge < -0.3 is 24.1 Å². The fourth-order valence-corrected chi connectivity index (χ4v) is 5.32. The number of benzene rings is 1. The summed E-state index contributed by atoms with van der Waals surface area (Å²) < 4.78 is 22.1. The van der Waals surface area contributed by atoms with Gasteiger partial charge in [-0.3, -0.25) is 9.97 Å². The van der Waals surface area contributed by atoms with E-state index in [1.807, 2.05) is 24.3 Å². The molecule has 1 atom stereocenters. The van der Waals surface area contributed by atoms with Crippen LogP contribution in [0.1, 0.15) is 41.6 Å². The molecule has 0 amide bonds. The Morgan fingerprint density at radius 3 is 1.95 bits per heavy atom. The van der Waals surface area contributed by atoms with Crippen molar-refractivity contribution < 1.29 is 24.1 Å². The fraction of sp³-hybridized carbons (Fsp3) is 0.500. The van der Waals surface area contributed by atoms with E-state index in [0.717, 1.165) is 24.0 Å². The van der Waals surface area contributed by atoms with Crippen molar-refractivity contribution in [3.8, 4) is 11.5 Å². The summed E-state index contributed by atoms with van der Waals surface area (Å²) in [6.45, 7) is 15.9. The minimum absolute atomic E-state index is 0.177. The molecule has 0 saturated heterocycles. The molecule has 1 fully saturated rings. The Labute approximate surface area is 248 Å². The highest BCUT2D eigenvalue weighted by Gasteiger charge is 2.24. The number of hydrogen-bond donors (Lipinski definition) is 1. The van der Waals surface area contributed by atoms with Crippen molar-refractivity contribution in [3.05, 3.63) is 83.9 Å². The standard InChI is InChI=1S/C21H29NO3Si.C11H19NO2Si/c1-26(2,3)13-12-24-15-25-20-14-22-11-10-19(20)21(23)18-8-6-17(7-9-18)16-4-5-16;1-15(2,3)8-7-13-10-14-11-5-4-6-12-9-11/h6-11,14,16,21,23H,4-5,12-13,15H2,1-3H3;4-6,9H,7-8,10H2,1-3H3. The second-order valence-electron chi connectivity index (χ2n) is 12.9. The van der Waals surface area contributed by atoms with Crippen LogP contribution < -0.4 is 9.47 Å². The van der Waals surface area contributed by atoms with Crippen LogP contribution >= 0.6 is 0 Å². The molecule has 0 spiro atoms. The molecule has 0 radical (unpaired) electrons. The summed E-state index contributed by atoms with van der Waals surface area (Å²) in [7, 11) is -2.08. The van der Waals surface area contributed by atoms with Crippen LogP contribution in [0.3, 0.4) is 0 Å². The zero-order valence-electron chi connectivity index (χ0n) is 25.6. The Morgan fingerprint density at radius 1 is 0.780 bits per heavy atom. The topological polar surface area (TPSA) is 82.9 Å². The fourth-order valence-electron chi connectivity index (χ4n) is 3.81. The van der Waals surface area contributed by atoms with Crippen LogP contribution in [-0.2, 0) is 9.47 Å². The highest BCUT2D eigenvalue weighted by atomic mass is 28.3. The normalized spacial score (nSPS) is 14.1. The second-order valence-corrected chi connectivity index (χ2v) is 24.2. The van der Waals surface area contributed by atoms with Crippen molar-refractivity contribution in [1.29, 1.82) is 0 Å². The van der Waals surface area contributed by atoms with Crippen molar-refractivity contribution >= 4 is 16.1 Å².